The number of imidazole rings is 1. The van der Waals surface area contributed by atoms with Crippen molar-refractivity contribution < 1.29 is 18.7 Å². The van der Waals surface area contributed by atoms with Crippen molar-refractivity contribution in [3.63, 3.8) is 0 Å². The van der Waals surface area contributed by atoms with Gasteiger partial charge in [-0.2, -0.15) is 0 Å². The number of rotatable bonds is 7. The molecule has 2 heterocycles. The van der Waals surface area contributed by atoms with Crippen LogP contribution in [0.15, 0.2) is 72.8 Å². The van der Waals surface area contributed by atoms with E-state index in [-0.39, 0.29) is 18.2 Å². The lowest BCUT2D eigenvalue weighted by Gasteiger charge is -2.18. The number of aromatic nitrogens is 2. The fourth-order valence-corrected chi connectivity index (χ4v) is 4.35. The largest absolute Gasteiger partial charge is 0.497 e. The van der Waals surface area contributed by atoms with Crippen LogP contribution in [0, 0.1) is 5.82 Å². The van der Waals surface area contributed by atoms with Crippen molar-refractivity contribution in [1.82, 2.24) is 9.55 Å². The van der Waals surface area contributed by atoms with Gasteiger partial charge in [0, 0.05) is 18.9 Å². The molecule has 7 heteroatoms. The molecule has 4 aromatic rings. The van der Waals surface area contributed by atoms with Crippen LogP contribution in [-0.2, 0) is 11.3 Å². The number of methoxy groups -OCH3 is 1. The second-order valence-electron chi connectivity index (χ2n) is 7.99. The highest BCUT2D eigenvalue weighted by molar-refractivity contribution is 5.96. The maximum atomic E-state index is 14.3. The second-order valence-corrected chi connectivity index (χ2v) is 7.99. The second kappa shape index (κ2) is 8.94. The summed E-state index contributed by atoms with van der Waals surface area (Å²) in [5.41, 5.74) is 2.17. The minimum absolute atomic E-state index is 0.0989. The Bertz CT molecular complexity index is 1290. The number of anilines is 1. The predicted molar refractivity (Wildman–Crippen MR) is 124 cm³/mol. The van der Waals surface area contributed by atoms with Crippen LogP contribution in [0.1, 0.15) is 18.2 Å². The highest BCUT2D eigenvalue weighted by Gasteiger charge is 2.35. The fourth-order valence-electron chi connectivity index (χ4n) is 4.35. The van der Waals surface area contributed by atoms with E-state index in [1.54, 1.807) is 25.3 Å². The van der Waals surface area contributed by atoms with Gasteiger partial charge >= 0.3 is 0 Å². The van der Waals surface area contributed by atoms with Gasteiger partial charge < -0.3 is 18.9 Å². The molecule has 168 valence electrons. The van der Waals surface area contributed by atoms with Crippen LogP contribution < -0.4 is 14.4 Å². The zero-order chi connectivity index (χ0) is 22.8. The van der Waals surface area contributed by atoms with Crippen molar-refractivity contribution in [2.75, 3.05) is 25.2 Å². The van der Waals surface area contributed by atoms with E-state index in [1.807, 2.05) is 48.5 Å². The Kier molecular flexibility index (Phi) is 5.69. The number of nitrogens with zero attached hydrogens (tertiary/aromatic N) is 3. The molecule has 0 N–H and O–H groups in total. The van der Waals surface area contributed by atoms with Gasteiger partial charge in [0.2, 0.25) is 5.91 Å². The highest BCUT2D eigenvalue weighted by atomic mass is 19.1. The summed E-state index contributed by atoms with van der Waals surface area (Å²) in [5, 5.41) is 0. The highest BCUT2D eigenvalue weighted by Crippen LogP contribution is 2.34. The molecule has 1 aromatic heterocycles. The number of hydrogen-bond acceptors (Lipinski definition) is 4. The molecule has 1 aliphatic heterocycles. The van der Waals surface area contributed by atoms with Crippen LogP contribution in [0.25, 0.3) is 11.0 Å². The molecule has 0 bridgehead atoms. The molecule has 6 nitrogen and oxygen atoms in total. The maximum Gasteiger partial charge on any atom is 0.227 e. The molecule has 0 spiro atoms. The lowest BCUT2D eigenvalue weighted by molar-refractivity contribution is -0.117. The van der Waals surface area contributed by atoms with Crippen LogP contribution in [0.3, 0.4) is 0 Å². The number of para-hydroxylation sites is 3. The summed E-state index contributed by atoms with van der Waals surface area (Å²) in [5.74, 6) is 1.72. The molecule has 3 aromatic carbocycles. The summed E-state index contributed by atoms with van der Waals surface area (Å²) in [6.07, 6.45) is 0.289. The van der Waals surface area contributed by atoms with E-state index in [9.17, 15) is 9.18 Å². The first-order valence-corrected chi connectivity index (χ1v) is 10.9. The van der Waals surface area contributed by atoms with E-state index in [1.165, 1.54) is 11.0 Å². The molecule has 1 aliphatic rings. The third kappa shape index (κ3) is 4.14. The molecule has 0 radical (unpaired) electrons. The van der Waals surface area contributed by atoms with E-state index < -0.39 is 5.82 Å². The Morgan fingerprint density at radius 1 is 1.00 bits per heavy atom. The molecule has 5 rings (SSSR count). The van der Waals surface area contributed by atoms with Crippen molar-refractivity contribution in [3.05, 3.63) is 84.4 Å². The Balaban J connectivity index is 1.38. The number of amides is 1. The number of halogens is 1. The van der Waals surface area contributed by atoms with Gasteiger partial charge in [0.05, 0.1) is 30.4 Å². The van der Waals surface area contributed by atoms with Crippen molar-refractivity contribution in [3.8, 4) is 11.5 Å². The van der Waals surface area contributed by atoms with E-state index in [0.717, 1.165) is 28.4 Å². The van der Waals surface area contributed by atoms with Crippen LogP contribution in [0.5, 0.6) is 11.5 Å². The van der Waals surface area contributed by atoms with Crippen LogP contribution >= 0.6 is 0 Å². The minimum atomic E-state index is -0.395. The van der Waals surface area contributed by atoms with Gasteiger partial charge in [-0.05, 0) is 48.5 Å². The van der Waals surface area contributed by atoms with E-state index in [4.69, 9.17) is 14.5 Å². The smallest absolute Gasteiger partial charge is 0.227 e. The normalized spacial score (nSPS) is 15.9. The predicted octanol–water partition coefficient (Wildman–Crippen LogP) is 4.78. The number of carbonyl (C=O) groups excluding carboxylic acids is 1. The van der Waals surface area contributed by atoms with E-state index in [2.05, 4.69) is 4.57 Å². The first-order valence-electron chi connectivity index (χ1n) is 10.9. The van der Waals surface area contributed by atoms with Gasteiger partial charge in [0.25, 0.3) is 0 Å². The monoisotopic (exact) mass is 445 g/mol. The molecule has 33 heavy (non-hydrogen) atoms. The fraction of sp³-hybridized carbons (Fsp3) is 0.231. The molecular formula is C26H24FN3O3. The zero-order valence-corrected chi connectivity index (χ0v) is 18.3. The SMILES string of the molecule is COc1ccc(OCCn2c(C3CC(=O)N(c4ccccc4F)C3)nc3ccccc32)cc1. The zero-order valence-electron chi connectivity index (χ0n) is 18.3. The van der Waals surface area contributed by atoms with Gasteiger partial charge in [-0.1, -0.05) is 24.3 Å². The number of ether oxygens (including phenoxy) is 2. The minimum Gasteiger partial charge on any atom is -0.497 e. The van der Waals surface area contributed by atoms with E-state index in [0.29, 0.717) is 25.4 Å². The number of benzene rings is 3. The molecule has 1 atom stereocenters. The molecular weight excluding hydrogens is 421 g/mol. The Morgan fingerprint density at radius 2 is 1.73 bits per heavy atom. The third-order valence-electron chi connectivity index (χ3n) is 5.96. The van der Waals surface area contributed by atoms with Gasteiger partial charge in [-0.3, -0.25) is 4.79 Å². The molecule has 1 fully saturated rings. The van der Waals surface area contributed by atoms with Crippen molar-refractivity contribution in [1.29, 1.82) is 0 Å². The van der Waals surface area contributed by atoms with Gasteiger partial charge in [0.15, 0.2) is 0 Å². The lowest BCUT2D eigenvalue weighted by atomic mass is 10.1. The molecule has 1 unspecified atom stereocenters. The summed E-state index contributed by atoms with van der Waals surface area (Å²) in [6.45, 7) is 1.41. The van der Waals surface area contributed by atoms with Gasteiger partial charge in [-0.25, -0.2) is 9.37 Å². The Labute approximate surface area is 191 Å². The van der Waals surface area contributed by atoms with E-state index >= 15 is 0 Å². The Morgan fingerprint density at radius 3 is 2.52 bits per heavy atom. The van der Waals surface area contributed by atoms with Crippen LogP contribution in [-0.4, -0.2) is 35.7 Å². The summed E-state index contributed by atoms with van der Waals surface area (Å²) in [7, 11) is 1.63. The lowest BCUT2D eigenvalue weighted by Crippen LogP contribution is -2.25. The maximum absolute atomic E-state index is 14.3. The van der Waals surface area contributed by atoms with Crippen LogP contribution in [0.2, 0.25) is 0 Å². The van der Waals surface area contributed by atoms with Gasteiger partial charge in [0.1, 0.15) is 29.7 Å². The Hall–Kier alpha value is -3.87. The van der Waals surface area contributed by atoms with Crippen molar-refractivity contribution >= 4 is 22.6 Å². The molecule has 1 saturated heterocycles. The number of hydrogen-bond donors (Lipinski definition) is 0. The first-order chi connectivity index (χ1) is 16.1. The van der Waals surface area contributed by atoms with Crippen molar-refractivity contribution in [2.45, 2.75) is 18.9 Å². The summed E-state index contributed by atoms with van der Waals surface area (Å²) >= 11 is 0. The average molecular weight is 445 g/mol. The molecule has 1 amide bonds. The number of carbonyl (C=O) groups is 1. The van der Waals surface area contributed by atoms with Crippen LogP contribution in [0.4, 0.5) is 10.1 Å². The molecule has 0 aliphatic carbocycles. The average Bonchev–Trinajstić information content (AvgIpc) is 3.40. The third-order valence-corrected chi connectivity index (χ3v) is 5.96. The first kappa shape index (κ1) is 21.0. The number of fused-ring (bicyclic) bond motifs is 1. The standard InChI is InChI=1S/C26H24FN3O3/c1-32-19-10-12-20(13-11-19)33-15-14-29-24-9-5-3-7-22(24)28-26(29)18-16-25(31)30(17-18)23-8-4-2-6-21(23)27/h2-13,18H,14-17H2,1H3. The summed E-state index contributed by atoms with van der Waals surface area (Å²) in [6, 6.07) is 21.7. The summed E-state index contributed by atoms with van der Waals surface area (Å²) < 4.78 is 27.6. The van der Waals surface area contributed by atoms with Gasteiger partial charge in [-0.15, -0.1) is 0 Å². The molecule has 0 saturated carbocycles. The summed E-state index contributed by atoms with van der Waals surface area (Å²) in [4.78, 5) is 19.1. The topological polar surface area (TPSA) is 56.6 Å². The quantitative estimate of drug-likeness (QED) is 0.411. The van der Waals surface area contributed by atoms with Crippen molar-refractivity contribution in [2.24, 2.45) is 0 Å².